The minimum absolute atomic E-state index is 0.171. The second-order valence-corrected chi connectivity index (χ2v) is 5.31. The predicted molar refractivity (Wildman–Crippen MR) is 74.8 cm³/mol. The Kier molecular flexibility index (Phi) is 5.24. The Morgan fingerprint density at radius 3 is 2.43 bits per heavy atom. The Balaban J connectivity index is 2.23. The Morgan fingerprint density at radius 1 is 1.29 bits per heavy atom. The molecule has 118 valence electrons. The molecular weight excluding hydrogens is 281 g/mol. The molecule has 1 aliphatic rings. The molecule has 0 bridgehead atoms. The van der Waals surface area contributed by atoms with Crippen LogP contribution < -0.4 is 5.73 Å². The van der Waals surface area contributed by atoms with Gasteiger partial charge in [-0.2, -0.15) is 13.2 Å². The molecule has 2 rings (SSSR count). The molecule has 1 heterocycles. The van der Waals surface area contributed by atoms with Crippen LogP contribution >= 0.6 is 0 Å². The van der Waals surface area contributed by atoms with Crippen molar-refractivity contribution in [2.45, 2.75) is 31.2 Å². The smallest absolute Gasteiger partial charge is 0.381 e. The van der Waals surface area contributed by atoms with E-state index in [-0.39, 0.29) is 18.2 Å². The Labute approximate surface area is 122 Å². The summed E-state index contributed by atoms with van der Waals surface area (Å²) in [4.78, 5) is 2.03. The van der Waals surface area contributed by atoms with E-state index in [1.807, 2.05) is 4.90 Å². The highest BCUT2D eigenvalue weighted by molar-refractivity contribution is 5.32. The number of halogens is 3. The maximum absolute atomic E-state index is 13.1. The first kappa shape index (κ1) is 16.3. The zero-order chi connectivity index (χ0) is 15.5. The maximum Gasteiger partial charge on any atom is 0.416 e. The normalized spacial score (nSPS) is 19.7. The molecule has 0 aromatic heterocycles. The van der Waals surface area contributed by atoms with Crippen LogP contribution in [0.3, 0.4) is 0 Å². The molecule has 0 aliphatic carbocycles. The van der Waals surface area contributed by atoms with Gasteiger partial charge in [-0.15, -0.1) is 0 Å². The van der Waals surface area contributed by atoms with Crippen LogP contribution in [0.5, 0.6) is 0 Å². The van der Waals surface area contributed by atoms with Gasteiger partial charge in [0.1, 0.15) is 0 Å². The lowest BCUT2D eigenvalue weighted by Gasteiger charge is -2.37. The highest BCUT2D eigenvalue weighted by Crippen LogP contribution is 2.36. The number of rotatable bonds is 4. The summed E-state index contributed by atoms with van der Waals surface area (Å²) in [6, 6.07) is 5.30. The van der Waals surface area contributed by atoms with Crippen LogP contribution in [-0.2, 0) is 10.9 Å². The van der Waals surface area contributed by atoms with Crippen LogP contribution in [-0.4, -0.2) is 37.7 Å². The van der Waals surface area contributed by atoms with Gasteiger partial charge in [0, 0.05) is 32.8 Å². The van der Waals surface area contributed by atoms with Gasteiger partial charge in [0.25, 0.3) is 0 Å². The quantitative estimate of drug-likeness (QED) is 0.929. The third-order valence-electron chi connectivity index (χ3n) is 4.10. The van der Waals surface area contributed by atoms with E-state index in [1.165, 1.54) is 12.1 Å². The number of ether oxygens (including phenoxy) is 1. The molecule has 3 nitrogen and oxygen atoms in total. The number of likely N-dealkylation sites (tertiary alicyclic amines) is 1. The molecule has 2 N–H and O–H groups in total. The van der Waals surface area contributed by atoms with Gasteiger partial charge in [-0.3, -0.25) is 4.90 Å². The summed E-state index contributed by atoms with van der Waals surface area (Å²) in [5.41, 5.74) is 5.45. The number of benzene rings is 1. The van der Waals surface area contributed by atoms with Gasteiger partial charge in [-0.25, -0.2) is 0 Å². The van der Waals surface area contributed by atoms with Crippen molar-refractivity contribution in [3.63, 3.8) is 0 Å². The zero-order valence-electron chi connectivity index (χ0n) is 12.1. The number of methoxy groups -OCH3 is 1. The van der Waals surface area contributed by atoms with Gasteiger partial charge < -0.3 is 10.5 Å². The fraction of sp³-hybridized carbons (Fsp3) is 0.600. The molecule has 6 heteroatoms. The van der Waals surface area contributed by atoms with Crippen molar-refractivity contribution in [1.29, 1.82) is 0 Å². The minimum Gasteiger partial charge on any atom is -0.381 e. The van der Waals surface area contributed by atoms with Gasteiger partial charge in [0.15, 0.2) is 0 Å². The summed E-state index contributed by atoms with van der Waals surface area (Å²) in [6.07, 6.45) is -2.52. The number of nitrogens with zero attached hydrogens (tertiary/aromatic N) is 1. The highest BCUT2D eigenvalue weighted by atomic mass is 19.4. The summed E-state index contributed by atoms with van der Waals surface area (Å²) >= 11 is 0. The van der Waals surface area contributed by atoms with Gasteiger partial charge >= 0.3 is 6.18 Å². The average molecular weight is 302 g/mol. The van der Waals surface area contributed by atoms with Crippen molar-refractivity contribution in [3.8, 4) is 0 Å². The van der Waals surface area contributed by atoms with Crippen LogP contribution in [0.2, 0.25) is 0 Å². The van der Waals surface area contributed by atoms with Crippen LogP contribution in [0.1, 0.15) is 30.0 Å². The highest BCUT2D eigenvalue weighted by Gasteiger charge is 2.36. The Morgan fingerprint density at radius 2 is 1.90 bits per heavy atom. The molecule has 1 aromatic rings. The largest absolute Gasteiger partial charge is 0.416 e. The number of hydrogen-bond donors (Lipinski definition) is 1. The predicted octanol–water partition coefficient (Wildman–Crippen LogP) is 2.82. The first-order valence-electron chi connectivity index (χ1n) is 7.10. The molecule has 1 saturated heterocycles. The number of piperidine rings is 1. The van der Waals surface area contributed by atoms with Crippen molar-refractivity contribution in [1.82, 2.24) is 4.90 Å². The molecule has 0 saturated carbocycles. The fourth-order valence-corrected chi connectivity index (χ4v) is 2.94. The van der Waals surface area contributed by atoms with Crippen molar-refractivity contribution < 1.29 is 17.9 Å². The van der Waals surface area contributed by atoms with Crippen LogP contribution in [0.25, 0.3) is 0 Å². The summed E-state index contributed by atoms with van der Waals surface area (Å²) in [5.74, 6) is 0. The molecule has 1 aliphatic heterocycles. The summed E-state index contributed by atoms with van der Waals surface area (Å²) < 4.78 is 44.7. The first-order chi connectivity index (χ1) is 9.97. The Bertz CT molecular complexity index is 456. The van der Waals surface area contributed by atoms with E-state index in [2.05, 4.69) is 0 Å². The molecule has 1 aromatic carbocycles. The number of nitrogens with two attached hydrogens (primary N) is 1. The molecule has 1 atom stereocenters. The molecular formula is C15H21F3N2O. The summed E-state index contributed by atoms with van der Waals surface area (Å²) in [7, 11) is 1.67. The first-order valence-corrected chi connectivity index (χ1v) is 7.10. The lowest BCUT2D eigenvalue weighted by Crippen LogP contribution is -2.42. The summed E-state index contributed by atoms with van der Waals surface area (Å²) in [6.45, 7) is 1.57. The van der Waals surface area contributed by atoms with E-state index in [1.54, 1.807) is 13.2 Å². The van der Waals surface area contributed by atoms with Gasteiger partial charge in [0.05, 0.1) is 11.7 Å². The zero-order valence-corrected chi connectivity index (χ0v) is 12.1. The van der Waals surface area contributed by atoms with Crippen molar-refractivity contribution in [3.05, 3.63) is 35.4 Å². The van der Waals surface area contributed by atoms with E-state index >= 15 is 0 Å². The SMILES string of the molecule is COC1CCN(C(CN)c2ccccc2C(F)(F)F)CC1. The monoisotopic (exact) mass is 302 g/mol. The number of alkyl halides is 3. The molecule has 1 unspecified atom stereocenters. The van der Waals surface area contributed by atoms with E-state index in [9.17, 15) is 13.2 Å². The molecule has 21 heavy (non-hydrogen) atoms. The van der Waals surface area contributed by atoms with E-state index in [0.29, 0.717) is 13.1 Å². The van der Waals surface area contributed by atoms with Crippen LogP contribution in [0.4, 0.5) is 13.2 Å². The topological polar surface area (TPSA) is 38.5 Å². The summed E-state index contributed by atoms with van der Waals surface area (Å²) in [5, 5.41) is 0. The van der Waals surface area contributed by atoms with Crippen LogP contribution in [0, 0.1) is 0 Å². The van der Waals surface area contributed by atoms with Crippen molar-refractivity contribution >= 4 is 0 Å². The second-order valence-electron chi connectivity index (χ2n) is 5.31. The molecule has 0 amide bonds. The number of hydrogen-bond acceptors (Lipinski definition) is 3. The van der Waals surface area contributed by atoms with E-state index in [0.717, 1.165) is 18.9 Å². The third-order valence-corrected chi connectivity index (χ3v) is 4.10. The second kappa shape index (κ2) is 6.77. The minimum atomic E-state index is -4.35. The maximum atomic E-state index is 13.1. The van der Waals surface area contributed by atoms with Gasteiger partial charge in [0.2, 0.25) is 0 Å². The Hall–Kier alpha value is -1.11. The van der Waals surface area contributed by atoms with E-state index in [4.69, 9.17) is 10.5 Å². The molecule has 0 radical (unpaired) electrons. The van der Waals surface area contributed by atoms with E-state index < -0.39 is 17.8 Å². The standard InChI is InChI=1S/C15H21F3N2O/c1-21-11-6-8-20(9-7-11)14(10-19)12-4-2-3-5-13(12)15(16,17)18/h2-5,11,14H,6-10,19H2,1H3. The molecule has 1 fully saturated rings. The lowest BCUT2D eigenvalue weighted by molar-refractivity contribution is -0.138. The van der Waals surface area contributed by atoms with Crippen LogP contribution in [0.15, 0.2) is 24.3 Å². The third kappa shape index (κ3) is 3.75. The van der Waals surface area contributed by atoms with Gasteiger partial charge in [-0.1, -0.05) is 18.2 Å². The van der Waals surface area contributed by atoms with Crippen molar-refractivity contribution in [2.24, 2.45) is 5.73 Å². The fourth-order valence-electron chi connectivity index (χ4n) is 2.94. The van der Waals surface area contributed by atoms with Gasteiger partial charge in [-0.05, 0) is 24.5 Å². The molecule has 0 spiro atoms. The average Bonchev–Trinajstić information content (AvgIpc) is 2.48. The lowest BCUT2D eigenvalue weighted by atomic mass is 9.96. The van der Waals surface area contributed by atoms with Crippen molar-refractivity contribution in [2.75, 3.05) is 26.7 Å².